The zero-order chi connectivity index (χ0) is 22.0. The fourth-order valence-electron chi connectivity index (χ4n) is 3.33. The van der Waals surface area contributed by atoms with Crippen molar-refractivity contribution in [1.29, 1.82) is 0 Å². The molecule has 0 saturated carbocycles. The van der Waals surface area contributed by atoms with Gasteiger partial charge in [-0.1, -0.05) is 46.9 Å². The first-order valence-corrected chi connectivity index (χ1v) is 10.8. The molecule has 4 rings (SSSR count). The molecule has 0 saturated heterocycles. The molecule has 0 aliphatic rings. The molecule has 2 heterocycles. The minimum Gasteiger partial charge on any atom is -0.350 e. The minimum atomic E-state index is -0.238. The van der Waals surface area contributed by atoms with Crippen LogP contribution in [0.15, 0.2) is 66.9 Å². The van der Waals surface area contributed by atoms with Crippen LogP contribution in [0.5, 0.6) is 0 Å². The average Bonchev–Trinajstić information content (AvgIpc) is 3.36. The molecule has 31 heavy (non-hydrogen) atoms. The van der Waals surface area contributed by atoms with Gasteiger partial charge in [0.1, 0.15) is 11.4 Å². The first kappa shape index (κ1) is 21.5. The Morgan fingerprint density at radius 1 is 1.00 bits per heavy atom. The molecule has 0 atom stereocenters. The molecule has 158 valence electrons. The van der Waals surface area contributed by atoms with Crippen LogP contribution in [-0.4, -0.2) is 26.8 Å². The molecule has 1 amide bonds. The Morgan fingerprint density at radius 3 is 2.52 bits per heavy atom. The second-order valence-corrected chi connectivity index (χ2v) is 8.33. The Hall–Kier alpha value is -2.73. The van der Waals surface area contributed by atoms with Gasteiger partial charge in [0.05, 0.1) is 11.4 Å². The molecular formula is C23H19Cl3N4O. The molecule has 0 aliphatic carbocycles. The van der Waals surface area contributed by atoms with E-state index >= 15 is 0 Å². The average molecular weight is 474 g/mol. The summed E-state index contributed by atoms with van der Waals surface area (Å²) in [5.41, 5.74) is 3.64. The zero-order valence-corrected chi connectivity index (χ0v) is 18.9. The Balaban J connectivity index is 1.60. The third-order valence-electron chi connectivity index (χ3n) is 4.90. The molecule has 0 unspecified atom stereocenters. The van der Waals surface area contributed by atoms with Crippen molar-refractivity contribution < 1.29 is 4.79 Å². The Kier molecular flexibility index (Phi) is 6.37. The molecule has 0 radical (unpaired) electrons. The number of carbonyl (C=O) groups is 1. The summed E-state index contributed by atoms with van der Waals surface area (Å²) in [6.07, 6.45) is 2.51. The summed E-state index contributed by atoms with van der Waals surface area (Å²) < 4.78 is 3.56. The molecular weight excluding hydrogens is 455 g/mol. The molecule has 1 N–H and O–H groups in total. The van der Waals surface area contributed by atoms with Crippen LogP contribution < -0.4 is 5.32 Å². The highest BCUT2D eigenvalue weighted by atomic mass is 35.5. The molecule has 2 aromatic carbocycles. The quantitative estimate of drug-likeness (QED) is 0.384. The van der Waals surface area contributed by atoms with Crippen LogP contribution in [0.25, 0.3) is 17.1 Å². The van der Waals surface area contributed by atoms with Crippen molar-refractivity contribution in [1.82, 2.24) is 19.7 Å². The largest absolute Gasteiger partial charge is 0.350 e. The van der Waals surface area contributed by atoms with Gasteiger partial charge in [0.2, 0.25) is 0 Å². The van der Waals surface area contributed by atoms with E-state index in [-0.39, 0.29) is 5.91 Å². The lowest BCUT2D eigenvalue weighted by atomic mass is 10.1. The number of amides is 1. The molecule has 0 bridgehead atoms. The number of hydrogen-bond donors (Lipinski definition) is 1. The van der Waals surface area contributed by atoms with E-state index in [1.807, 2.05) is 48.1 Å². The Labute approximate surface area is 195 Å². The van der Waals surface area contributed by atoms with E-state index in [0.717, 1.165) is 11.3 Å². The molecule has 8 heteroatoms. The predicted molar refractivity (Wildman–Crippen MR) is 125 cm³/mol. The number of carbonyl (C=O) groups excluding carboxylic acids is 1. The van der Waals surface area contributed by atoms with Crippen molar-refractivity contribution >= 4 is 40.7 Å². The molecule has 0 fully saturated rings. The molecule has 0 aliphatic heterocycles. The zero-order valence-electron chi connectivity index (χ0n) is 16.6. The monoisotopic (exact) mass is 472 g/mol. The van der Waals surface area contributed by atoms with E-state index in [2.05, 4.69) is 10.4 Å². The van der Waals surface area contributed by atoms with Crippen LogP contribution in [0.2, 0.25) is 15.1 Å². The van der Waals surface area contributed by atoms with Gasteiger partial charge in [-0.25, -0.2) is 4.68 Å². The van der Waals surface area contributed by atoms with E-state index < -0.39 is 0 Å². The maximum Gasteiger partial charge on any atom is 0.270 e. The van der Waals surface area contributed by atoms with Gasteiger partial charge in [0, 0.05) is 34.9 Å². The summed E-state index contributed by atoms with van der Waals surface area (Å²) in [7, 11) is 1.93. The normalized spacial score (nSPS) is 11.0. The van der Waals surface area contributed by atoms with Gasteiger partial charge >= 0.3 is 0 Å². The number of nitrogens with one attached hydrogen (secondary N) is 1. The Morgan fingerprint density at radius 2 is 1.81 bits per heavy atom. The number of aromatic nitrogens is 3. The number of hydrogen-bond acceptors (Lipinski definition) is 2. The van der Waals surface area contributed by atoms with E-state index in [1.165, 1.54) is 0 Å². The summed E-state index contributed by atoms with van der Waals surface area (Å²) in [5, 5.41) is 9.36. The summed E-state index contributed by atoms with van der Waals surface area (Å²) in [6.45, 7) is 0.417. The van der Waals surface area contributed by atoms with Gasteiger partial charge in [-0.15, -0.1) is 0 Å². The molecule has 4 aromatic rings. The highest BCUT2D eigenvalue weighted by Gasteiger charge is 2.19. The number of nitrogens with zero attached hydrogens (tertiary/aromatic N) is 3. The van der Waals surface area contributed by atoms with Crippen LogP contribution in [-0.2, 0) is 13.5 Å². The Bertz CT molecular complexity index is 1250. The van der Waals surface area contributed by atoms with Gasteiger partial charge in [-0.2, -0.15) is 5.10 Å². The summed E-state index contributed by atoms with van der Waals surface area (Å²) in [4.78, 5) is 13.1. The second-order valence-electron chi connectivity index (χ2n) is 7.05. The lowest BCUT2D eigenvalue weighted by molar-refractivity contribution is 0.0946. The lowest BCUT2D eigenvalue weighted by Gasteiger charge is -2.09. The van der Waals surface area contributed by atoms with E-state index in [1.54, 1.807) is 35.0 Å². The molecule has 2 aromatic heterocycles. The topological polar surface area (TPSA) is 51.9 Å². The third-order valence-corrected chi connectivity index (χ3v) is 5.72. The van der Waals surface area contributed by atoms with Crippen molar-refractivity contribution in [2.24, 2.45) is 7.05 Å². The lowest BCUT2D eigenvalue weighted by Crippen LogP contribution is -2.27. The van der Waals surface area contributed by atoms with Crippen LogP contribution in [0.3, 0.4) is 0 Å². The minimum absolute atomic E-state index is 0.238. The number of benzene rings is 2. The second kappa shape index (κ2) is 9.18. The first-order valence-electron chi connectivity index (χ1n) is 9.62. The van der Waals surface area contributed by atoms with Crippen LogP contribution in [0, 0.1) is 0 Å². The van der Waals surface area contributed by atoms with Crippen LogP contribution in [0.1, 0.15) is 16.1 Å². The number of halogens is 3. The SMILES string of the molecule is Cn1cccc1-c1cc(C(=O)NCCc2ccc(Cl)cc2Cl)n(-c2cccc(Cl)c2)n1. The van der Waals surface area contributed by atoms with Crippen molar-refractivity contribution in [2.75, 3.05) is 6.54 Å². The van der Waals surface area contributed by atoms with Crippen LogP contribution in [0.4, 0.5) is 0 Å². The molecule has 0 spiro atoms. The van der Waals surface area contributed by atoms with Crippen molar-refractivity contribution in [2.45, 2.75) is 6.42 Å². The fraction of sp³-hybridized carbons (Fsp3) is 0.130. The smallest absolute Gasteiger partial charge is 0.270 e. The van der Waals surface area contributed by atoms with E-state index in [4.69, 9.17) is 34.8 Å². The number of aryl methyl sites for hydroxylation is 1. The van der Waals surface area contributed by atoms with Gasteiger partial charge in [-0.05, 0) is 60.5 Å². The van der Waals surface area contributed by atoms with Crippen molar-refractivity contribution in [3.63, 3.8) is 0 Å². The molecule has 5 nitrogen and oxygen atoms in total. The van der Waals surface area contributed by atoms with Gasteiger partial charge < -0.3 is 9.88 Å². The summed E-state index contributed by atoms with van der Waals surface area (Å²) in [6, 6.07) is 18.2. The first-order chi connectivity index (χ1) is 14.9. The maximum atomic E-state index is 13.1. The summed E-state index contributed by atoms with van der Waals surface area (Å²) >= 11 is 18.3. The number of rotatable bonds is 6. The maximum absolute atomic E-state index is 13.1. The van der Waals surface area contributed by atoms with Gasteiger partial charge in [-0.3, -0.25) is 4.79 Å². The highest BCUT2D eigenvalue weighted by molar-refractivity contribution is 6.35. The fourth-order valence-corrected chi connectivity index (χ4v) is 4.01. The van der Waals surface area contributed by atoms with Crippen LogP contribution >= 0.6 is 34.8 Å². The summed E-state index contributed by atoms with van der Waals surface area (Å²) in [5.74, 6) is -0.238. The van der Waals surface area contributed by atoms with Gasteiger partial charge in [0.15, 0.2) is 0 Å². The van der Waals surface area contributed by atoms with E-state index in [0.29, 0.717) is 45.1 Å². The van der Waals surface area contributed by atoms with Crippen molar-refractivity contribution in [3.05, 3.63) is 93.2 Å². The van der Waals surface area contributed by atoms with Gasteiger partial charge in [0.25, 0.3) is 5.91 Å². The third kappa shape index (κ3) is 4.79. The highest BCUT2D eigenvalue weighted by Crippen LogP contribution is 2.24. The van der Waals surface area contributed by atoms with Crippen molar-refractivity contribution in [3.8, 4) is 17.1 Å². The van der Waals surface area contributed by atoms with E-state index in [9.17, 15) is 4.79 Å². The standard InChI is InChI=1S/C23H19Cl3N4O/c1-29-11-3-6-21(29)20-14-22(30(28-20)18-5-2-4-16(24)12-18)23(31)27-10-9-15-7-8-17(25)13-19(15)26/h2-8,11-14H,9-10H2,1H3,(H,27,31). The predicted octanol–water partition coefficient (Wildman–Crippen LogP) is 5.81.